The minimum absolute atomic E-state index is 0.0692. The number of urea groups is 1. The molecule has 0 spiro atoms. The molecule has 1 aromatic carbocycles. The van der Waals surface area contributed by atoms with Crippen LogP contribution in [0.1, 0.15) is 33.3 Å². The lowest BCUT2D eigenvalue weighted by molar-refractivity contribution is 0.235. The fourth-order valence-electron chi connectivity index (χ4n) is 1.52. The molecule has 1 rings (SSSR count). The van der Waals surface area contributed by atoms with E-state index in [1.807, 2.05) is 19.1 Å². The molecule has 5 heteroatoms. The summed E-state index contributed by atoms with van der Waals surface area (Å²) in [6, 6.07) is 5.33. The second-order valence-corrected chi connectivity index (χ2v) is 6.20. The number of rotatable bonds is 5. The monoisotopic (exact) mass is 298 g/mol. The molecule has 0 fully saturated rings. The summed E-state index contributed by atoms with van der Waals surface area (Å²) >= 11 is 6.09. The van der Waals surface area contributed by atoms with Crippen molar-refractivity contribution in [2.24, 2.45) is 5.41 Å². The number of benzene rings is 1. The molecular weight excluding hydrogens is 276 g/mol. The summed E-state index contributed by atoms with van der Waals surface area (Å²) in [7, 11) is 0. The van der Waals surface area contributed by atoms with Crippen molar-refractivity contribution >= 4 is 17.6 Å². The number of nitrogens with one attached hydrogen (secondary N) is 2. The SMILES string of the molecule is CCOc1ccc(CNC(=O)NCC(C)(C)C)cc1Cl. The van der Waals surface area contributed by atoms with Crippen LogP contribution in [0.15, 0.2) is 18.2 Å². The van der Waals surface area contributed by atoms with Gasteiger partial charge in [0.15, 0.2) is 0 Å². The van der Waals surface area contributed by atoms with Gasteiger partial charge in [0.1, 0.15) is 5.75 Å². The molecule has 0 aromatic heterocycles. The predicted molar refractivity (Wildman–Crippen MR) is 82.3 cm³/mol. The van der Waals surface area contributed by atoms with Gasteiger partial charge < -0.3 is 15.4 Å². The molecule has 20 heavy (non-hydrogen) atoms. The van der Waals surface area contributed by atoms with Crippen LogP contribution in [0, 0.1) is 5.41 Å². The highest BCUT2D eigenvalue weighted by Crippen LogP contribution is 2.25. The fraction of sp³-hybridized carbons (Fsp3) is 0.533. The highest BCUT2D eigenvalue weighted by atomic mass is 35.5. The molecule has 0 heterocycles. The molecule has 2 amide bonds. The summed E-state index contributed by atoms with van der Waals surface area (Å²) in [5.74, 6) is 0.662. The third-order valence-corrected chi connectivity index (χ3v) is 2.82. The molecular formula is C15H23ClN2O2. The van der Waals surface area contributed by atoms with E-state index in [1.54, 1.807) is 6.07 Å². The molecule has 2 N–H and O–H groups in total. The Morgan fingerprint density at radius 2 is 2.00 bits per heavy atom. The normalized spacial score (nSPS) is 11.1. The highest BCUT2D eigenvalue weighted by molar-refractivity contribution is 6.32. The minimum Gasteiger partial charge on any atom is -0.492 e. The van der Waals surface area contributed by atoms with Crippen LogP contribution in [0.4, 0.5) is 4.79 Å². The van der Waals surface area contributed by atoms with Crippen molar-refractivity contribution in [1.82, 2.24) is 10.6 Å². The first-order chi connectivity index (χ1) is 9.31. The molecule has 0 radical (unpaired) electrons. The first-order valence-corrected chi connectivity index (χ1v) is 7.12. The number of halogens is 1. The quantitative estimate of drug-likeness (QED) is 0.873. The van der Waals surface area contributed by atoms with Crippen molar-refractivity contribution in [3.63, 3.8) is 0 Å². The van der Waals surface area contributed by atoms with E-state index >= 15 is 0 Å². The lowest BCUT2D eigenvalue weighted by Crippen LogP contribution is -2.39. The van der Waals surface area contributed by atoms with Crippen molar-refractivity contribution in [2.45, 2.75) is 34.2 Å². The Hall–Kier alpha value is -1.42. The molecule has 4 nitrogen and oxygen atoms in total. The lowest BCUT2D eigenvalue weighted by atomic mass is 9.97. The standard InChI is InChI=1S/C15H23ClN2O2/c1-5-20-13-7-6-11(8-12(13)16)9-17-14(19)18-10-15(2,3)4/h6-8H,5,9-10H2,1-4H3,(H2,17,18,19). The van der Waals surface area contributed by atoms with Crippen molar-refractivity contribution < 1.29 is 9.53 Å². The van der Waals surface area contributed by atoms with Crippen LogP contribution in [-0.4, -0.2) is 19.2 Å². The molecule has 0 bridgehead atoms. The summed E-state index contributed by atoms with van der Waals surface area (Å²) in [6.45, 7) is 9.75. The summed E-state index contributed by atoms with van der Waals surface area (Å²) in [4.78, 5) is 11.6. The first kappa shape index (κ1) is 16.6. The van der Waals surface area contributed by atoms with Gasteiger partial charge in [-0.25, -0.2) is 4.79 Å². The third-order valence-electron chi connectivity index (χ3n) is 2.53. The van der Waals surface area contributed by atoms with E-state index in [2.05, 4.69) is 31.4 Å². The summed E-state index contributed by atoms with van der Waals surface area (Å²) in [5, 5.41) is 6.19. The Labute approximate surface area is 125 Å². The topological polar surface area (TPSA) is 50.4 Å². The molecule has 0 aliphatic rings. The maximum atomic E-state index is 11.6. The van der Waals surface area contributed by atoms with Crippen LogP contribution < -0.4 is 15.4 Å². The molecule has 112 valence electrons. The Balaban J connectivity index is 2.45. The van der Waals surface area contributed by atoms with Gasteiger partial charge in [-0.3, -0.25) is 0 Å². The van der Waals surface area contributed by atoms with Crippen LogP contribution in [0.25, 0.3) is 0 Å². The van der Waals surface area contributed by atoms with Crippen LogP contribution in [-0.2, 0) is 6.54 Å². The summed E-state index contributed by atoms with van der Waals surface area (Å²) < 4.78 is 5.36. The van der Waals surface area contributed by atoms with Crippen molar-refractivity contribution in [3.8, 4) is 5.75 Å². The van der Waals surface area contributed by atoms with E-state index in [1.165, 1.54) is 0 Å². The van der Waals surface area contributed by atoms with Crippen molar-refractivity contribution in [2.75, 3.05) is 13.2 Å². The van der Waals surface area contributed by atoms with Gasteiger partial charge >= 0.3 is 6.03 Å². The Morgan fingerprint density at radius 1 is 1.30 bits per heavy atom. The van der Waals surface area contributed by atoms with Gasteiger partial charge in [-0.15, -0.1) is 0 Å². The Kier molecular flexibility index (Phi) is 6.14. The molecule has 0 unspecified atom stereocenters. The second kappa shape index (κ2) is 7.39. The Bertz CT molecular complexity index is 456. The largest absolute Gasteiger partial charge is 0.492 e. The average molecular weight is 299 g/mol. The summed E-state index contributed by atoms with van der Waals surface area (Å²) in [6.07, 6.45) is 0. The van der Waals surface area contributed by atoms with Crippen LogP contribution in [0.3, 0.4) is 0 Å². The molecule has 1 aromatic rings. The van der Waals surface area contributed by atoms with Crippen molar-refractivity contribution in [1.29, 1.82) is 0 Å². The van der Waals surface area contributed by atoms with E-state index in [9.17, 15) is 4.79 Å². The molecule has 0 saturated carbocycles. The molecule has 0 saturated heterocycles. The van der Waals surface area contributed by atoms with Gasteiger partial charge in [0.25, 0.3) is 0 Å². The maximum Gasteiger partial charge on any atom is 0.315 e. The number of hydrogen-bond acceptors (Lipinski definition) is 2. The number of hydrogen-bond donors (Lipinski definition) is 2. The van der Waals surface area contributed by atoms with Crippen LogP contribution in [0.5, 0.6) is 5.75 Å². The van der Waals surface area contributed by atoms with Crippen LogP contribution >= 0.6 is 11.6 Å². The number of carbonyl (C=O) groups excluding carboxylic acids is 1. The van der Waals surface area contributed by atoms with E-state index in [0.717, 1.165) is 5.56 Å². The van der Waals surface area contributed by atoms with E-state index in [-0.39, 0.29) is 11.4 Å². The van der Waals surface area contributed by atoms with E-state index in [4.69, 9.17) is 16.3 Å². The van der Waals surface area contributed by atoms with Crippen LogP contribution in [0.2, 0.25) is 5.02 Å². The zero-order chi connectivity index (χ0) is 15.2. The predicted octanol–water partition coefficient (Wildman–Crippen LogP) is 3.58. The molecule has 0 aliphatic carbocycles. The number of amides is 2. The second-order valence-electron chi connectivity index (χ2n) is 5.79. The van der Waals surface area contributed by atoms with Gasteiger partial charge in [-0.1, -0.05) is 38.4 Å². The highest BCUT2D eigenvalue weighted by Gasteiger charge is 2.11. The number of ether oxygens (including phenoxy) is 1. The number of carbonyl (C=O) groups is 1. The molecule has 0 atom stereocenters. The van der Waals surface area contributed by atoms with Gasteiger partial charge in [0.05, 0.1) is 11.6 Å². The third kappa shape index (κ3) is 6.15. The maximum absolute atomic E-state index is 11.6. The van der Waals surface area contributed by atoms with E-state index in [0.29, 0.717) is 30.5 Å². The summed E-state index contributed by atoms with van der Waals surface area (Å²) in [5.41, 5.74) is 1.00. The fourth-order valence-corrected chi connectivity index (χ4v) is 1.77. The van der Waals surface area contributed by atoms with Gasteiger partial charge in [-0.2, -0.15) is 0 Å². The molecule has 0 aliphatic heterocycles. The average Bonchev–Trinajstić information content (AvgIpc) is 2.36. The minimum atomic E-state index is -0.176. The zero-order valence-corrected chi connectivity index (χ0v) is 13.3. The van der Waals surface area contributed by atoms with Gasteiger partial charge in [0, 0.05) is 13.1 Å². The van der Waals surface area contributed by atoms with Gasteiger partial charge in [-0.05, 0) is 30.0 Å². The zero-order valence-electron chi connectivity index (χ0n) is 12.5. The lowest BCUT2D eigenvalue weighted by Gasteiger charge is -2.19. The van der Waals surface area contributed by atoms with Gasteiger partial charge in [0.2, 0.25) is 0 Å². The Morgan fingerprint density at radius 3 is 2.55 bits per heavy atom. The van der Waals surface area contributed by atoms with E-state index < -0.39 is 0 Å². The van der Waals surface area contributed by atoms with Crippen molar-refractivity contribution in [3.05, 3.63) is 28.8 Å². The smallest absolute Gasteiger partial charge is 0.315 e. The first-order valence-electron chi connectivity index (χ1n) is 6.75.